The molecule has 0 bridgehead atoms. The van der Waals surface area contributed by atoms with Gasteiger partial charge in [0.25, 0.3) is 17.7 Å². The van der Waals surface area contributed by atoms with Crippen LogP contribution in [0.25, 0.3) is 49.8 Å². The summed E-state index contributed by atoms with van der Waals surface area (Å²) in [6.45, 7) is 1.54. The topological polar surface area (TPSA) is 434 Å². The maximum atomic E-state index is 13.3. The molecule has 4 atom stereocenters. The number of pyridine rings is 6. The minimum atomic E-state index is -3.61. The number of halogens is 3. The van der Waals surface area contributed by atoms with E-state index in [4.69, 9.17) is 9.99 Å². The number of aldehydes is 1. The number of methoxy groups -OCH3 is 1. The van der Waals surface area contributed by atoms with Gasteiger partial charge in [-0.1, -0.05) is 0 Å². The number of benzene rings is 3. The van der Waals surface area contributed by atoms with E-state index in [1.165, 1.54) is 168 Å². The molecule has 31 nitrogen and oxygen atoms in total. The lowest BCUT2D eigenvalue weighted by Crippen LogP contribution is -2.32. The highest BCUT2D eigenvalue weighted by atomic mass is 32.2. The summed E-state index contributed by atoms with van der Waals surface area (Å²) in [5.41, 5.74) is 5.08. The van der Waals surface area contributed by atoms with Gasteiger partial charge in [-0.15, -0.1) is 0 Å². The first-order chi connectivity index (χ1) is 51.0. The van der Waals surface area contributed by atoms with Crippen molar-refractivity contribution in [1.82, 2.24) is 75.2 Å². The Labute approximate surface area is 607 Å². The first kappa shape index (κ1) is 79.1. The summed E-state index contributed by atoms with van der Waals surface area (Å²) in [6, 6.07) is 23.1. The number of nitrogens with one attached hydrogen (secondary N) is 3. The summed E-state index contributed by atoms with van der Waals surface area (Å²) in [6.07, 6.45) is 19.2. The number of aliphatic hydroxyl groups excluding tert-OH is 2. The van der Waals surface area contributed by atoms with Gasteiger partial charge in [0, 0.05) is 78.5 Å². The van der Waals surface area contributed by atoms with Gasteiger partial charge in [-0.2, -0.15) is 15.3 Å². The van der Waals surface area contributed by atoms with Crippen LogP contribution in [0.1, 0.15) is 92.1 Å². The Bertz CT molecular complexity index is 5560. The number of hydrogen-bond donors (Lipinski definition) is 6. The van der Waals surface area contributed by atoms with Crippen molar-refractivity contribution in [2.45, 2.75) is 65.5 Å². The van der Waals surface area contributed by atoms with Gasteiger partial charge < -0.3 is 35.7 Å². The van der Waals surface area contributed by atoms with Crippen LogP contribution in [0.4, 0.5) is 13.2 Å². The first-order valence-corrected chi connectivity index (χ1v) is 37.4. The fraction of sp³-hybridized carbons (Fsp3) is 0.200. The van der Waals surface area contributed by atoms with Crippen molar-refractivity contribution >= 4 is 92.2 Å². The number of fused-ring (bicyclic) bond motifs is 3. The number of nitrogens with zero attached hydrogens (tertiary/aromatic N) is 12. The quantitative estimate of drug-likeness (QED) is 0.0164. The Morgan fingerprint density at radius 1 is 0.505 bits per heavy atom. The number of rotatable bonds is 23. The third-order valence-electron chi connectivity index (χ3n) is 15.8. The highest BCUT2D eigenvalue weighted by Gasteiger charge is 2.27. The van der Waals surface area contributed by atoms with Crippen molar-refractivity contribution in [1.29, 1.82) is 0 Å². The number of ether oxygens (including phenoxy) is 1. The number of sulfone groups is 3. The van der Waals surface area contributed by atoms with Crippen LogP contribution in [0, 0.1) is 17.5 Å². The molecular weight excluding hydrogens is 1460 g/mol. The third-order valence-corrected chi connectivity index (χ3v) is 18.7. The van der Waals surface area contributed by atoms with E-state index in [0.29, 0.717) is 79.4 Å². The second-order valence-corrected chi connectivity index (χ2v) is 29.2. The second kappa shape index (κ2) is 35.2. The molecule has 12 aromatic rings. The van der Waals surface area contributed by atoms with Crippen molar-refractivity contribution in [2.75, 3.05) is 39.1 Å². The lowest BCUT2D eigenvalue weighted by atomic mass is 10.0. The number of carbonyl (C=O) groups excluding carboxylic acids is 5. The number of aliphatic hydroxyl groups is 2. The van der Waals surface area contributed by atoms with E-state index in [2.05, 4.69) is 66.0 Å². The molecule has 0 saturated carbocycles. The monoisotopic (exact) mass is 1530 g/mol. The number of carbonyl (C=O) groups is 5. The normalized spacial score (nSPS) is 12.6. The van der Waals surface area contributed by atoms with E-state index in [0.717, 1.165) is 18.8 Å². The van der Waals surface area contributed by atoms with Crippen LogP contribution >= 0.6 is 0 Å². The SMILES string of the molecule is CCOO.COC(=O)C[C@H](NC(=O)c1cncc2c1cnn2-c1ccc(F)cc1)c1ccnc(S(C)(=O)=O)c1.CS(=O)(=O)c1cc([C@H](CC(O)CO)NC(=O)c2cncc3c2cnn3-c2ccc(F)cc2)ccn1.CS(=O)(=O)c1cc([C@H](CC=O)NC(=O)c2cncc3c2cnn3-c2ccc(F)cc2)ccn1. The zero-order valence-electron chi connectivity index (χ0n) is 57.1. The van der Waals surface area contributed by atoms with Crippen LogP contribution < -0.4 is 16.0 Å². The van der Waals surface area contributed by atoms with Crippen molar-refractivity contribution < 1.29 is 87.5 Å². The fourth-order valence-electron chi connectivity index (χ4n) is 10.5. The molecule has 0 aliphatic carbocycles. The van der Waals surface area contributed by atoms with Crippen molar-refractivity contribution in [3.05, 3.63) is 234 Å². The molecule has 3 aromatic carbocycles. The van der Waals surface area contributed by atoms with Crippen LogP contribution in [0.3, 0.4) is 0 Å². The Kier molecular flexibility index (Phi) is 26.0. The van der Waals surface area contributed by atoms with Gasteiger partial charge in [-0.25, -0.2) is 72.3 Å². The molecule has 37 heteroatoms. The Morgan fingerprint density at radius 2 is 0.822 bits per heavy atom. The average molecular weight is 1530 g/mol. The highest BCUT2D eigenvalue weighted by molar-refractivity contribution is 7.91. The van der Waals surface area contributed by atoms with Crippen LogP contribution in [0.15, 0.2) is 199 Å². The highest BCUT2D eigenvalue weighted by Crippen LogP contribution is 2.29. The van der Waals surface area contributed by atoms with E-state index >= 15 is 0 Å². The van der Waals surface area contributed by atoms with Gasteiger partial charge in [0.15, 0.2) is 44.6 Å². The van der Waals surface area contributed by atoms with Gasteiger partial charge in [-0.05, 0) is 139 Å². The average Bonchev–Trinajstić information content (AvgIpc) is 1.66. The van der Waals surface area contributed by atoms with Crippen molar-refractivity contribution in [3.8, 4) is 17.1 Å². The van der Waals surface area contributed by atoms with Gasteiger partial charge >= 0.3 is 5.97 Å². The molecule has 0 aliphatic rings. The molecule has 6 N–H and O–H groups in total. The molecular formula is C70H66F3N15O16S3. The van der Waals surface area contributed by atoms with Gasteiger partial charge in [-0.3, -0.25) is 39.4 Å². The smallest absolute Gasteiger partial charge is 0.307 e. The molecule has 0 radical (unpaired) electrons. The standard InChI is InChI=1S/C23H20FN5O5S.C23H22FN5O5S.C22H18FN5O4S.C2H6O2/c1-34-22(30)10-19(14-7-8-26-21(9-14)35(2,32)33)28-23(31)18-11-25-13-20-17(18)12-27-29(20)16-5-3-15(24)4-6-16;1-35(33,34)22-8-14(6-7-26-22)20(9-17(31)13-30)28-23(32)19-10-25-12-21-18(19)11-27-29(21)16-4-2-15(24)3-5-16;1-33(31,32)21-10-14(6-8-25-21)19(7-9-29)27-22(30)18-11-24-13-20-17(18)12-26-28(20)16-4-2-15(23)3-5-16;1-2-4-3/h3-9,11-13,19H,10H2,1-2H3,(H,28,31);2-8,10-12,17,20,30-31H,9,13H2,1H3,(H,28,32);2-6,8-13,19H,7H2,1H3,(H,27,30);3H,2H2,1H3/t19-;17?,20-;19-;/m000./s1. The van der Waals surface area contributed by atoms with E-state index < -0.39 is 95.7 Å². The molecule has 3 amide bonds. The molecule has 1 unspecified atom stereocenters. The molecule has 107 heavy (non-hydrogen) atoms. The molecule has 9 aromatic heterocycles. The summed E-state index contributed by atoms with van der Waals surface area (Å²) in [7, 11) is -9.58. The van der Waals surface area contributed by atoms with E-state index in [-0.39, 0.29) is 56.8 Å². The fourth-order valence-corrected chi connectivity index (χ4v) is 12.3. The van der Waals surface area contributed by atoms with Crippen LogP contribution in [-0.2, 0) is 48.7 Å². The summed E-state index contributed by atoms with van der Waals surface area (Å²) < 4.78 is 121. The van der Waals surface area contributed by atoms with E-state index in [1.54, 1.807) is 43.3 Å². The summed E-state index contributed by atoms with van der Waals surface area (Å²) in [5, 5.41) is 48.9. The molecule has 0 aliphatic heterocycles. The van der Waals surface area contributed by atoms with E-state index in [9.17, 15) is 72.6 Å². The van der Waals surface area contributed by atoms with Crippen molar-refractivity contribution in [3.63, 3.8) is 0 Å². The summed E-state index contributed by atoms with van der Waals surface area (Å²) >= 11 is 0. The first-order valence-electron chi connectivity index (χ1n) is 31.7. The van der Waals surface area contributed by atoms with Gasteiger partial charge in [0.1, 0.15) is 23.7 Å². The predicted octanol–water partition coefficient (Wildman–Crippen LogP) is 6.88. The van der Waals surface area contributed by atoms with Crippen LogP contribution in [0.2, 0.25) is 0 Å². The van der Waals surface area contributed by atoms with Crippen LogP contribution in [0.5, 0.6) is 0 Å². The summed E-state index contributed by atoms with van der Waals surface area (Å²) in [4.78, 5) is 90.4. The molecule has 0 fully saturated rings. The summed E-state index contributed by atoms with van der Waals surface area (Å²) in [5.74, 6) is -3.40. The molecule has 0 spiro atoms. The minimum absolute atomic E-state index is 0.0722. The number of aromatic nitrogens is 12. The van der Waals surface area contributed by atoms with Crippen molar-refractivity contribution in [2.24, 2.45) is 0 Å². The maximum absolute atomic E-state index is 13.3. The lowest BCUT2D eigenvalue weighted by Gasteiger charge is -2.22. The minimum Gasteiger partial charge on any atom is -0.469 e. The predicted molar refractivity (Wildman–Crippen MR) is 378 cm³/mol. The van der Waals surface area contributed by atoms with Crippen LogP contribution in [-0.4, -0.2) is 175 Å². The van der Waals surface area contributed by atoms with E-state index in [1.807, 2.05) is 0 Å². The Hall–Kier alpha value is -12.0. The third kappa shape index (κ3) is 20.1. The van der Waals surface area contributed by atoms with Gasteiger partial charge in [0.05, 0.1) is 138 Å². The number of amides is 3. The maximum Gasteiger partial charge on any atom is 0.307 e. The largest absolute Gasteiger partial charge is 0.469 e. The second-order valence-electron chi connectivity index (χ2n) is 23.3. The molecule has 0 saturated heterocycles. The molecule has 12 rings (SSSR count). The molecule has 556 valence electrons. The number of hydrogen-bond acceptors (Lipinski definition) is 25. The zero-order valence-corrected chi connectivity index (χ0v) is 59.6. The zero-order chi connectivity index (χ0) is 77.3. The molecule has 9 heterocycles. The Morgan fingerprint density at radius 3 is 1.13 bits per heavy atom. The Balaban J connectivity index is 0.000000181. The lowest BCUT2D eigenvalue weighted by molar-refractivity contribution is -0.237. The number of esters is 1. The van der Waals surface area contributed by atoms with Gasteiger partial charge in [0.2, 0.25) is 0 Å².